The first-order chi connectivity index (χ1) is 17.7. The fourth-order valence-electron chi connectivity index (χ4n) is 4.09. The molecule has 3 rings (SSSR count). The van der Waals surface area contributed by atoms with Crippen LogP contribution in [0, 0.1) is 0 Å². The Hall–Kier alpha value is -2.11. The number of ether oxygens (including phenoxy) is 1. The van der Waals surface area contributed by atoms with Crippen molar-refractivity contribution in [3.8, 4) is 5.75 Å². The summed E-state index contributed by atoms with van der Waals surface area (Å²) in [6.45, 7) is 16.8. The van der Waals surface area contributed by atoms with E-state index in [4.69, 9.17) is 10.5 Å². The number of alkyl halides is 1. The zero-order valence-electron chi connectivity index (χ0n) is 23.5. The van der Waals surface area contributed by atoms with Gasteiger partial charge < -0.3 is 10.5 Å². The molecular formula is C32H44FNOS2. The van der Waals surface area contributed by atoms with Gasteiger partial charge in [-0.25, -0.2) is 0 Å². The Balaban J connectivity index is 0.000000877. The molecule has 0 spiro atoms. The van der Waals surface area contributed by atoms with Crippen molar-refractivity contribution in [1.82, 2.24) is 0 Å². The molecule has 0 bridgehead atoms. The van der Waals surface area contributed by atoms with Crippen molar-refractivity contribution in [1.29, 1.82) is 0 Å². The predicted molar refractivity (Wildman–Crippen MR) is 165 cm³/mol. The SMILES string of the molecule is C=C(C)SC(=C(C)C)C1=C(c2ccc(OC(CC)CCC)cc2)c2ccc(N)cc2SC1.CCCCF. The Morgan fingerprint density at radius 2 is 1.78 bits per heavy atom. The molecule has 2 aromatic rings. The lowest BCUT2D eigenvalue weighted by atomic mass is 9.91. The Morgan fingerprint density at radius 3 is 2.30 bits per heavy atom. The molecular weight excluding hydrogens is 497 g/mol. The van der Waals surface area contributed by atoms with Crippen LogP contribution in [0.15, 0.2) is 74.9 Å². The van der Waals surface area contributed by atoms with Crippen molar-refractivity contribution in [2.45, 2.75) is 84.6 Å². The Labute approximate surface area is 233 Å². The van der Waals surface area contributed by atoms with Crippen LogP contribution in [-0.2, 0) is 0 Å². The zero-order valence-corrected chi connectivity index (χ0v) is 25.1. The number of rotatable bonds is 11. The average molecular weight is 542 g/mol. The van der Waals surface area contributed by atoms with Gasteiger partial charge in [0.25, 0.3) is 0 Å². The Morgan fingerprint density at radius 1 is 1.08 bits per heavy atom. The van der Waals surface area contributed by atoms with Gasteiger partial charge in [0.2, 0.25) is 0 Å². The van der Waals surface area contributed by atoms with Gasteiger partial charge in [0.05, 0.1) is 12.8 Å². The van der Waals surface area contributed by atoms with Gasteiger partial charge in [0.15, 0.2) is 0 Å². The van der Waals surface area contributed by atoms with Crippen LogP contribution < -0.4 is 10.5 Å². The van der Waals surface area contributed by atoms with Crippen molar-refractivity contribution in [3.05, 3.63) is 81.1 Å². The third-order valence-corrected chi connectivity index (χ3v) is 8.24. The topological polar surface area (TPSA) is 35.2 Å². The summed E-state index contributed by atoms with van der Waals surface area (Å²) < 4.78 is 17.2. The van der Waals surface area contributed by atoms with Crippen LogP contribution in [0.2, 0.25) is 0 Å². The third-order valence-electron chi connectivity index (χ3n) is 5.95. The first-order valence-electron chi connectivity index (χ1n) is 13.4. The summed E-state index contributed by atoms with van der Waals surface area (Å²) in [6, 6.07) is 14.9. The van der Waals surface area contributed by atoms with E-state index in [1.807, 2.05) is 24.8 Å². The average Bonchev–Trinajstić information content (AvgIpc) is 2.87. The molecule has 0 aromatic heterocycles. The highest BCUT2D eigenvalue weighted by molar-refractivity contribution is 8.07. The largest absolute Gasteiger partial charge is 0.490 e. The van der Waals surface area contributed by atoms with Crippen molar-refractivity contribution in [3.63, 3.8) is 0 Å². The lowest BCUT2D eigenvalue weighted by Gasteiger charge is -2.26. The molecule has 0 amide bonds. The molecule has 1 aliphatic heterocycles. The lowest BCUT2D eigenvalue weighted by molar-refractivity contribution is 0.186. The minimum Gasteiger partial charge on any atom is -0.490 e. The molecule has 2 aromatic carbocycles. The monoisotopic (exact) mass is 541 g/mol. The number of anilines is 1. The summed E-state index contributed by atoms with van der Waals surface area (Å²) in [5, 5.41) is 0. The molecule has 5 heteroatoms. The minimum absolute atomic E-state index is 0.156. The highest BCUT2D eigenvalue weighted by Gasteiger charge is 2.24. The smallest absolute Gasteiger partial charge is 0.119 e. The van der Waals surface area contributed by atoms with Crippen LogP contribution in [0.5, 0.6) is 5.75 Å². The van der Waals surface area contributed by atoms with Crippen molar-refractivity contribution in [2.24, 2.45) is 0 Å². The van der Waals surface area contributed by atoms with E-state index >= 15 is 0 Å². The van der Waals surface area contributed by atoms with Gasteiger partial charge in [0.1, 0.15) is 5.75 Å². The molecule has 202 valence electrons. The van der Waals surface area contributed by atoms with Gasteiger partial charge in [0, 0.05) is 21.2 Å². The predicted octanol–water partition coefficient (Wildman–Crippen LogP) is 10.5. The second-order valence-corrected chi connectivity index (χ2v) is 11.9. The molecule has 2 nitrogen and oxygen atoms in total. The summed E-state index contributed by atoms with van der Waals surface area (Å²) in [7, 11) is 0. The number of nitrogens with two attached hydrogens (primary N) is 1. The highest BCUT2D eigenvalue weighted by Crippen LogP contribution is 2.47. The van der Waals surface area contributed by atoms with E-state index in [1.165, 1.54) is 37.6 Å². The van der Waals surface area contributed by atoms with E-state index in [1.54, 1.807) is 11.8 Å². The number of hydrogen-bond donors (Lipinski definition) is 1. The molecule has 1 unspecified atom stereocenters. The second kappa shape index (κ2) is 16.0. The maximum absolute atomic E-state index is 11.0. The van der Waals surface area contributed by atoms with Crippen LogP contribution in [0.4, 0.5) is 10.1 Å². The molecule has 0 fully saturated rings. The first-order valence-corrected chi connectivity index (χ1v) is 15.2. The Kier molecular flexibility index (Phi) is 13.4. The van der Waals surface area contributed by atoms with Gasteiger partial charge in [-0.05, 0) is 91.5 Å². The molecule has 1 atom stereocenters. The summed E-state index contributed by atoms with van der Waals surface area (Å²) in [5.74, 6) is 1.86. The summed E-state index contributed by atoms with van der Waals surface area (Å²) >= 11 is 3.64. The van der Waals surface area contributed by atoms with Gasteiger partial charge in [-0.3, -0.25) is 4.39 Å². The number of halogens is 1. The molecule has 0 saturated heterocycles. The third kappa shape index (κ3) is 9.30. The maximum atomic E-state index is 11.0. The van der Waals surface area contributed by atoms with Gasteiger partial charge >= 0.3 is 0 Å². The normalized spacial score (nSPS) is 13.3. The van der Waals surface area contributed by atoms with Crippen LogP contribution in [-0.4, -0.2) is 18.5 Å². The van der Waals surface area contributed by atoms with Crippen molar-refractivity contribution < 1.29 is 9.13 Å². The van der Waals surface area contributed by atoms with Crippen LogP contribution >= 0.6 is 23.5 Å². The number of benzene rings is 2. The van der Waals surface area contributed by atoms with Crippen LogP contribution in [0.25, 0.3) is 5.57 Å². The van der Waals surface area contributed by atoms with E-state index in [9.17, 15) is 4.39 Å². The van der Waals surface area contributed by atoms with E-state index in [2.05, 4.69) is 77.6 Å². The van der Waals surface area contributed by atoms with Crippen LogP contribution in [0.3, 0.4) is 0 Å². The maximum Gasteiger partial charge on any atom is 0.119 e. The van der Waals surface area contributed by atoms with Crippen molar-refractivity contribution in [2.75, 3.05) is 18.2 Å². The number of hydrogen-bond acceptors (Lipinski definition) is 4. The first kappa shape index (κ1) is 31.1. The summed E-state index contributed by atoms with van der Waals surface area (Å²) in [5.41, 5.74) is 13.3. The molecule has 0 aliphatic carbocycles. The standard InChI is InChI=1S/C28H35NOS2.C4H9F/c1-7-9-22(8-2)30-23-13-10-20(11-14-23)27-24-15-12-21(29)16-26(24)31-17-25(27)28(18(3)4)32-19(5)6;1-2-3-4-5/h10-16,22H,5,7-9,17,29H2,1-4,6H3;2-4H2,1H3. The number of thioether (sulfide) groups is 2. The molecule has 1 heterocycles. The molecule has 2 N–H and O–H groups in total. The van der Waals surface area contributed by atoms with Crippen molar-refractivity contribution >= 4 is 34.8 Å². The zero-order chi connectivity index (χ0) is 27.4. The van der Waals surface area contributed by atoms with E-state index in [0.29, 0.717) is 0 Å². The van der Waals surface area contributed by atoms with Gasteiger partial charge in [-0.2, -0.15) is 0 Å². The number of unbranched alkanes of at least 4 members (excludes halogenated alkanes) is 1. The fraction of sp³-hybridized carbons (Fsp3) is 0.438. The highest BCUT2D eigenvalue weighted by atomic mass is 32.2. The van der Waals surface area contributed by atoms with E-state index < -0.39 is 0 Å². The number of nitrogen functional groups attached to an aromatic ring is 1. The summed E-state index contributed by atoms with van der Waals surface area (Å²) in [6.07, 6.45) is 5.22. The minimum atomic E-state index is -0.156. The molecule has 1 aliphatic rings. The quantitative estimate of drug-likeness (QED) is 0.287. The molecule has 0 saturated carbocycles. The van der Waals surface area contributed by atoms with E-state index in [-0.39, 0.29) is 12.8 Å². The number of allylic oxidation sites excluding steroid dienone is 3. The summed E-state index contributed by atoms with van der Waals surface area (Å²) in [4.78, 5) is 3.66. The second-order valence-electron chi connectivity index (χ2n) is 9.53. The molecule has 37 heavy (non-hydrogen) atoms. The van der Waals surface area contributed by atoms with Crippen LogP contribution in [0.1, 0.15) is 84.8 Å². The van der Waals surface area contributed by atoms with E-state index in [0.717, 1.165) is 54.2 Å². The van der Waals surface area contributed by atoms with Gasteiger partial charge in [-0.15, -0.1) is 11.8 Å². The Bertz CT molecular complexity index is 1080. The lowest BCUT2D eigenvalue weighted by Crippen LogP contribution is -2.14. The molecule has 0 radical (unpaired) electrons. The number of fused-ring (bicyclic) bond motifs is 1. The fourth-order valence-corrected chi connectivity index (χ4v) is 6.17. The van der Waals surface area contributed by atoms with Gasteiger partial charge in [-0.1, -0.05) is 75.7 Å².